The lowest BCUT2D eigenvalue weighted by molar-refractivity contribution is 0.308. The third-order valence-electron chi connectivity index (χ3n) is 9.59. The summed E-state index contributed by atoms with van der Waals surface area (Å²) >= 11 is 0. The second-order valence-electron chi connectivity index (χ2n) is 12.7. The highest BCUT2D eigenvalue weighted by molar-refractivity contribution is 7.97. The van der Waals surface area contributed by atoms with Crippen molar-refractivity contribution in [1.82, 2.24) is 0 Å². The molecule has 0 aromatic heterocycles. The van der Waals surface area contributed by atoms with Gasteiger partial charge in [-0.15, -0.1) is 0 Å². The predicted octanol–water partition coefficient (Wildman–Crippen LogP) is 12.6. The third kappa shape index (κ3) is 6.18. The summed E-state index contributed by atoms with van der Waals surface area (Å²) in [5.41, 5.74) is 2.42. The molecule has 0 heterocycles. The van der Waals surface area contributed by atoms with Crippen LogP contribution in [-0.4, -0.2) is 0 Å². The highest BCUT2D eigenvalue weighted by atomic mass is 32.2. The van der Waals surface area contributed by atoms with E-state index >= 15 is 0 Å². The molecule has 0 aliphatic rings. The number of hydrogen-bond donors (Lipinski definition) is 0. The van der Waals surface area contributed by atoms with Crippen LogP contribution in [0.15, 0.2) is 203 Å². The molecule has 0 aliphatic carbocycles. The molecule has 51 heavy (non-hydrogen) atoms. The molecule has 0 aliphatic heterocycles. The monoisotopic (exact) mass is 675 g/mol. The van der Waals surface area contributed by atoms with Crippen LogP contribution in [0.2, 0.25) is 0 Å². The zero-order valence-electron chi connectivity index (χ0n) is 28.0. The normalized spacial score (nSPS) is 11.5. The summed E-state index contributed by atoms with van der Waals surface area (Å²) in [6.07, 6.45) is 0. The summed E-state index contributed by atoms with van der Waals surface area (Å²) < 4.78 is 13.3. The van der Waals surface area contributed by atoms with Crippen LogP contribution in [-0.2, 0) is 24.1 Å². The Bertz CT molecular complexity index is 2390. The van der Waals surface area contributed by atoms with Crippen molar-refractivity contribution in [2.24, 2.45) is 0 Å². The van der Waals surface area contributed by atoms with Crippen LogP contribution in [0.3, 0.4) is 0 Å². The van der Waals surface area contributed by atoms with Crippen LogP contribution in [0.5, 0.6) is 11.5 Å². The number of ether oxygens (including phenoxy) is 2. The average molecular weight is 676 g/mol. The maximum atomic E-state index is 6.63. The van der Waals surface area contributed by atoms with Crippen molar-refractivity contribution < 1.29 is 9.47 Å². The number of hydrogen-bond acceptors (Lipinski definition) is 2. The Morgan fingerprint density at radius 3 is 1.08 bits per heavy atom. The van der Waals surface area contributed by atoms with Gasteiger partial charge in [-0.1, -0.05) is 127 Å². The molecule has 3 heteroatoms. The van der Waals surface area contributed by atoms with Gasteiger partial charge in [0.15, 0.2) is 14.7 Å². The first-order chi connectivity index (χ1) is 25.3. The smallest absolute Gasteiger partial charge is 0.170 e. The summed E-state index contributed by atoms with van der Waals surface area (Å²) in [5, 5.41) is 9.81. The fourth-order valence-corrected chi connectivity index (χ4v) is 9.33. The quantitative estimate of drug-likeness (QED) is 0.112. The molecule has 0 bridgehead atoms. The topological polar surface area (TPSA) is 18.5 Å². The van der Waals surface area contributed by atoms with Crippen LogP contribution in [0.25, 0.3) is 43.1 Å². The van der Waals surface area contributed by atoms with E-state index in [2.05, 4.69) is 188 Å². The fraction of sp³-hybridized carbons (Fsp3) is 0.0417. The zero-order valence-corrected chi connectivity index (χ0v) is 28.9. The van der Waals surface area contributed by atoms with Gasteiger partial charge in [-0.3, -0.25) is 0 Å². The minimum Gasteiger partial charge on any atom is -0.489 e. The van der Waals surface area contributed by atoms with Crippen molar-refractivity contribution in [2.45, 2.75) is 27.9 Å². The summed E-state index contributed by atoms with van der Waals surface area (Å²) in [6, 6.07) is 66.8. The van der Waals surface area contributed by atoms with Crippen molar-refractivity contribution in [2.75, 3.05) is 0 Å². The van der Waals surface area contributed by atoms with Crippen LogP contribution >= 0.6 is 0 Å². The van der Waals surface area contributed by atoms with E-state index in [1.54, 1.807) is 0 Å². The van der Waals surface area contributed by atoms with Crippen LogP contribution < -0.4 is 9.47 Å². The van der Waals surface area contributed by atoms with Gasteiger partial charge in [0.2, 0.25) is 0 Å². The van der Waals surface area contributed by atoms with E-state index < -0.39 is 0 Å². The highest BCUT2D eigenvalue weighted by Gasteiger charge is 2.29. The first-order valence-corrected chi connectivity index (χ1v) is 18.5. The van der Waals surface area contributed by atoms with Gasteiger partial charge in [-0.2, -0.15) is 0 Å². The predicted molar refractivity (Wildman–Crippen MR) is 213 cm³/mol. The van der Waals surface area contributed by atoms with Crippen molar-refractivity contribution in [3.8, 4) is 11.5 Å². The second kappa shape index (κ2) is 13.7. The first kappa shape index (κ1) is 31.0. The Hall–Kier alpha value is -6.03. The lowest BCUT2D eigenvalue weighted by Gasteiger charge is -2.15. The summed E-state index contributed by atoms with van der Waals surface area (Å²) in [7, 11) is -0.380. The van der Waals surface area contributed by atoms with Gasteiger partial charge in [0.05, 0.1) is 10.9 Å². The molecule has 0 fully saturated rings. The second-order valence-corrected chi connectivity index (χ2v) is 14.8. The minimum absolute atomic E-state index is 0.380. The summed E-state index contributed by atoms with van der Waals surface area (Å²) in [4.78, 5) is 3.63. The number of rotatable bonds is 9. The Kier molecular flexibility index (Phi) is 8.33. The Labute approximate surface area is 300 Å². The molecule has 9 aromatic rings. The molecule has 0 atom stereocenters. The van der Waals surface area contributed by atoms with E-state index in [-0.39, 0.29) is 10.9 Å². The maximum Gasteiger partial charge on any atom is 0.170 e. The lowest BCUT2D eigenvalue weighted by atomic mass is 9.97. The summed E-state index contributed by atoms with van der Waals surface area (Å²) in [6.45, 7) is 0.965. The molecule has 0 radical (unpaired) electrons. The molecule has 9 aromatic carbocycles. The third-order valence-corrected chi connectivity index (χ3v) is 11.8. The molecule has 0 N–H and O–H groups in total. The largest absolute Gasteiger partial charge is 0.489 e. The molecule has 0 saturated heterocycles. The molecular formula is C48H35O2S+. The van der Waals surface area contributed by atoms with E-state index in [9.17, 15) is 0 Å². The van der Waals surface area contributed by atoms with Crippen molar-refractivity contribution in [3.05, 3.63) is 199 Å². The van der Waals surface area contributed by atoms with Gasteiger partial charge in [0, 0.05) is 23.3 Å². The SMILES string of the molecule is c1ccc([S+](c2cccc(OCc3c4ccccc4cc4ccccc34)c2)c2cccc(OCc3c4ccccc4cc4ccccc34)c2)cc1. The van der Waals surface area contributed by atoms with E-state index in [4.69, 9.17) is 9.47 Å². The van der Waals surface area contributed by atoms with Crippen LogP contribution in [0.4, 0.5) is 0 Å². The van der Waals surface area contributed by atoms with E-state index in [0.717, 1.165) is 11.5 Å². The van der Waals surface area contributed by atoms with Gasteiger partial charge in [0.25, 0.3) is 0 Å². The molecule has 9 rings (SSSR count). The average Bonchev–Trinajstić information content (AvgIpc) is 3.19. The molecular weight excluding hydrogens is 641 g/mol. The molecule has 2 nitrogen and oxygen atoms in total. The standard InChI is InChI=1S/C48H35O2S/c1-2-20-40(21-3-1)51(41-22-12-18-38(30-41)49-32-47-43-24-8-4-14-34(43)28-35-15-5-9-25-44(35)47)42-23-13-19-39(31-42)50-33-48-45-26-10-6-16-36(45)29-37-17-7-11-27-46(37)48/h1-31H,32-33H2/q+1. The molecule has 0 spiro atoms. The first-order valence-electron chi connectivity index (χ1n) is 17.3. The van der Waals surface area contributed by atoms with Gasteiger partial charge in [-0.05, 0) is 91.6 Å². The molecule has 0 saturated carbocycles. The lowest BCUT2D eigenvalue weighted by Crippen LogP contribution is -2.06. The number of benzene rings is 9. The van der Waals surface area contributed by atoms with Gasteiger partial charge < -0.3 is 9.47 Å². The van der Waals surface area contributed by atoms with Crippen molar-refractivity contribution >= 4 is 54.0 Å². The Balaban J connectivity index is 1.04. The Morgan fingerprint density at radius 1 is 0.314 bits per heavy atom. The van der Waals surface area contributed by atoms with Crippen molar-refractivity contribution in [1.29, 1.82) is 0 Å². The van der Waals surface area contributed by atoms with E-state index in [1.165, 1.54) is 68.9 Å². The van der Waals surface area contributed by atoms with Crippen molar-refractivity contribution in [3.63, 3.8) is 0 Å². The Morgan fingerprint density at radius 2 is 0.667 bits per heavy atom. The van der Waals surface area contributed by atoms with Gasteiger partial charge in [-0.25, -0.2) is 0 Å². The molecule has 0 unspecified atom stereocenters. The van der Waals surface area contributed by atoms with Crippen LogP contribution in [0, 0.1) is 0 Å². The van der Waals surface area contributed by atoms with Gasteiger partial charge >= 0.3 is 0 Å². The summed E-state index contributed by atoms with van der Waals surface area (Å²) in [5.74, 6) is 1.71. The highest BCUT2D eigenvalue weighted by Crippen LogP contribution is 2.36. The van der Waals surface area contributed by atoms with E-state index in [0.29, 0.717) is 13.2 Å². The maximum absolute atomic E-state index is 6.63. The fourth-order valence-electron chi connectivity index (χ4n) is 7.18. The van der Waals surface area contributed by atoms with Gasteiger partial charge in [0.1, 0.15) is 24.7 Å². The number of fused-ring (bicyclic) bond motifs is 4. The minimum atomic E-state index is -0.380. The zero-order chi connectivity index (χ0) is 34.0. The van der Waals surface area contributed by atoms with E-state index in [1.807, 2.05) is 0 Å². The molecule has 0 amide bonds. The molecule has 244 valence electrons. The van der Waals surface area contributed by atoms with Crippen LogP contribution in [0.1, 0.15) is 11.1 Å².